The number of fused-ring (bicyclic) bond motifs is 1. The fraction of sp³-hybridized carbons (Fsp3) is 0.867. The van der Waals surface area contributed by atoms with Crippen LogP contribution in [0.2, 0.25) is 0 Å². The second-order valence-corrected chi connectivity index (χ2v) is 6.60. The second-order valence-electron chi connectivity index (χ2n) is 6.60. The summed E-state index contributed by atoms with van der Waals surface area (Å²) in [5.41, 5.74) is 6.13. The highest BCUT2D eigenvalue weighted by atomic mass is 16.2. The molecular weight excluding hydrogens is 254 g/mol. The molecule has 1 aliphatic carbocycles. The van der Waals surface area contributed by atoms with Gasteiger partial charge in [-0.15, -0.1) is 0 Å². The van der Waals surface area contributed by atoms with Gasteiger partial charge < -0.3 is 16.0 Å². The summed E-state index contributed by atoms with van der Waals surface area (Å²) in [5, 5.41) is 3.06. The molecule has 2 heterocycles. The highest BCUT2D eigenvalue weighted by molar-refractivity contribution is 5.80. The molecule has 3 rings (SSSR count). The maximum atomic E-state index is 12.7. The molecule has 0 aromatic carbocycles. The molecule has 0 aromatic heterocycles. The third-order valence-corrected chi connectivity index (χ3v) is 5.27. The van der Waals surface area contributed by atoms with Gasteiger partial charge in [-0.25, -0.2) is 0 Å². The number of carbonyl (C=O) groups is 2. The molecule has 4 unspecified atom stereocenters. The predicted molar refractivity (Wildman–Crippen MR) is 75.8 cm³/mol. The Morgan fingerprint density at radius 2 is 2.00 bits per heavy atom. The van der Waals surface area contributed by atoms with Crippen molar-refractivity contribution in [1.82, 2.24) is 10.2 Å². The second kappa shape index (κ2) is 5.72. The number of hydrogen-bond acceptors (Lipinski definition) is 3. The van der Waals surface area contributed by atoms with Gasteiger partial charge in [0, 0.05) is 31.6 Å². The summed E-state index contributed by atoms with van der Waals surface area (Å²) in [4.78, 5) is 26.1. The van der Waals surface area contributed by atoms with Crippen LogP contribution < -0.4 is 11.1 Å². The highest BCUT2D eigenvalue weighted by Gasteiger charge is 2.38. The van der Waals surface area contributed by atoms with Gasteiger partial charge in [-0.2, -0.15) is 0 Å². The van der Waals surface area contributed by atoms with Crippen molar-refractivity contribution in [2.75, 3.05) is 13.1 Å². The largest absolute Gasteiger partial charge is 0.353 e. The Bertz CT molecular complexity index is 399. The molecule has 112 valence electrons. The summed E-state index contributed by atoms with van der Waals surface area (Å²) in [6.45, 7) is 1.57. The summed E-state index contributed by atoms with van der Waals surface area (Å²) in [6, 6.07) is 0.320. The SMILES string of the molecule is NC1CCCCC1C(=O)N1CCC2NC(=O)CCC2C1. The lowest BCUT2D eigenvalue weighted by Crippen LogP contribution is -2.57. The molecule has 5 nitrogen and oxygen atoms in total. The van der Waals surface area contributed by atoms with E-state index in [2.05, 4.69) is 5.32 Å². The minimum absolute atomic E-state index is 0.0264. The number of nitrogens with two attached hydrogens (primary N) is 1. The van der Waals surface area contributed by atoms with Gasteiger partial charge in [-0.05, 0) is 31.6 Å². The van der Waals surface area contributed by atoms with E-state index in [9.17, 15) is 9.59 Å². The van der Waals surface area contributed by atoms with Crippen LogP contribution in [-0.4, -0.2) is 41.9 Å². The van der Waals surface area contributed by atoms with Crippen LogP contribution in [0, 0.1) is 11.8 Å². The maximum Gasteiger partial charge on any atom is 0.227 e. The van der Waals surface area contributed by atoms with Crippen LogP contribution in [0.25, 0.3) is 0 Å². The van der Waals surface area contributed by atoms with Crippen molar-refractivity contribution in [3.8, 4) is 0 Å². The van der Waals surface area contributed by atoms with Crippen molar-refractivity contribution in [3.63, 3.8) is 0 Å². The summed E-state index contributed by atoms with van der Waals surface area (Å²) < 4.78 is 0. The smallest absolute Gasteiger partial charge is 0.227 e. The van der Waals surface area contributed by atoms with Crippen LogP contribution in [-0.2, 0) is 9.59 Å². The van der Waals surface area contributed by atoms with Crippen LogP contribution in [0.3, 0.4) is 0 Å². The monoisotopic (exact) mass is 279 g/mol. The fourth-order valence-electron chi connectivity index (χ4n) is 4.01. The summed E-state index contributed by atoms with van der Waals surface area (Å²) in [7, 11) is 0. The minimum atomic E-state index is 0.0264. The number of piperidine rings is 2. The molecule has 0 radical (unpaired) electrons. The summed E-state index contributed by atoms with van der Waals surface area (Å²) in [5.74, 6) is 0.886. The lowest BCUT2D eigenvalue weighted by Gasteiger charge is -2.43. The molecule has 1 saturated carbocycles. The highest BCUT2D eigenvalue weighted by Crippen LogP contribution is 2.29. The molecule has 4 atom stereocenters. The third-order valence-electron chi connectivity index (χ3n) is 5.27. The molecule has 2 saturated heterocycles. The Balaban J connectivity index is 1.61. The molecule has 2 amide bonds. The molecule has 3 fully saturated rings. The maximum absolute atomic E-state index is 12.7. The number of likely N-dealkylation sites (tertiary alicyclic amines) is 1. The van der Waals surface area contributed by atoms with Gasteiger partial charge >= 0.3 is 0 Å². The predicted octanol–water partition coefficient (Wildman–Crippen LogP) is 0.631. The van der Waals surface area contributed by atoms with Crippen molar-refractivity contribution in [2.24, 2.45) is 17.6 Å². The Kier molecular flexibility index (Phi) is 3.96. The first-order valence-electron chi connectivity index (χ1n) is 7.99. The molecule has 0 aromatic rings. The van der Waals surface area contributed by atoms with E-state index in [1.807, 2.05) is 4.90 Å². The van der Waals surface area contributed by atoms with Crippen molar-refractivity contribution < 1.29 is 9.59 Å². The average Bonchev–Trinajstić information content (AvgIpc) is 2.46. The lowest BCUT2D eigenvalue weighted by atomic mass is 9.81. The van der Waals surface area contributed by atoms with E-state index >= 15 is 0 Å². The van der Waals surface area contributed by atoms with Crippen LogP contribution in [0.1, 0.15) is 44.9 Å². The number of rotatable bonds is 1. The first kappa shape index (κ1) is 13.9. The van der Waals surface area contributed by atoms with Gasteiger partial charge in [0.15, 0.2) is 0 Å². The zero-order valence-corrected chi connectivity index (χ0v) is 12.0. The van der Waals surface area contributed by atoms with Gasteiger partial charge in [0.25, 0.3) is 0 Å². The fourth-order valence-corrected chi connectivity index (χ4v) is 4.01. The lowest BCUT2D eigenvalue weighted by molar-refractivity contribution is -0.140. The molecule has 20 heavy (non-hydrogen) atoms. The van der Waals surface area contributed by atoms with Gasteiger partial charge in [-0.1, -0.05) is 12.8 Å². The van der Waals surface area contributed by atoms with Gasteiger partial charge in [0.2, 0.25) is 11.8 Å². The molecule has 0 bridgehead atoms. The van der Waals surface area contributed by atoms with Crippen LogP contribution in [0.5, 0.6) is 0 Å². The molecule has 5 heteroatoms. The van der Waals surface area contributed by atoms with E-state index in [1.165, 1.54) is 0 Å². The summed E-state index contributed by atoms with van der Waals surface area (Å²) in [6.07, 6.45) is 6.61. The van der Waals surface area contributed by atoms with E-state index in [0.717, 1.165) is 51.6 Å². The Labute approximate surface area is 120 Å². The first-order valence-corrected chi connectivity index (χ1v) is 7.99. The minimum Gasteiger partial charge on any atom is -0.353 e. The summed E-state index contributed by atoms with van der Waals surface area (Å²) >= 11 is 0. The molecule has 3 aliphatic rings. The zero-order valence-electron chi connectivity index (χ0n) is 12.0. The molecule has 3 N–H and O–H groups in total. The van der Waals surface area contributed by atoms with Crippen molar-refractivity contribution in [2.45, 2.75) is 57.0 Å². The van der Waals surface area contributed by atoms with Crippen LogP contribution in [0.15, 0.2) is 0 Å². The number of nitrogens with zero attached hydrogens (tertiary/aromatic N) is 1. The Hall–Kier alpha value is -1.10. The average molecular weight is 279 g/mol. The molecule has 2 aliphatic heterocycles. The Morgan fingerprint density at radius 1 is 1.20 bits per heavy atom. The van der Waals surface area contributed by atoms with Crippen molar-refractivity contribution in [3.05, 3.63) is 0 Å². The van der Waals surface area contributed by atoms with E-state index in [-0.39, 0.29) is 29.8 Å². The topological polar surface area (TPSA) is 75.4 Å². The van der Waals surface area contributed by atoms with Crippen LogP contribution in [0.4, 0.5) is 0 Å². The van der Waals surface area contributed by atoms with E-state index in [1.54, 1.807) is 0 Å². The van der Waals surface area contributed by atoms with Crippen molar-refractivity contribution >= 4 is 11.8 Å². The normalized spacial score (nSPS) is 38.0. The number of carbonyl (C=O) groups excluding carboxylic acids is 2. The number of amides is 2. The first-order chi connectivity index (χ1) is 9.65. The number of nitrogens with one attached hydrogen (secondary N) is 1. The van der Waals surface area contributed by atoms with Crippen LogP contribution >= 0.6 is 0 Å². The standard InChI is InChI=1S/C15H25N3O2/c16-12-4-2-1-3-11(12)15(20)18-8-7-13-10(9-18)5-6-14(19)17-13/h10-13H,1-9,16H2,(H,17,19). The molecule has 0 spiro atoms. The van der Waals surface area contributed by atoms with Gasteiger partial charge in [0.05, 0.1) is 5.92 Å². The zero-order chi connectivity index (χ0) is 14.1. The van der Waals surface area contributed by atoms with Crippen molar-refractivity contribution in [1.29, 1.82) is 0 Å². The van der Waals surface area contributed by atoms with E-state index < -0.39 is 0 Å². The van der Waals surface area contributed by atoms with E-state index in [4.69, 9.17) is 5.73 Å². The molecular formula is C15H25N3O2. The van der Waals surface area contributed by atoms with E-state index in [0.29, 0.717) is 12.3 Å². The number of hydrogen-bond donors (Lipinski definition) is 2. The quantitative estimate of drug-likeness (QED) is 0.739. The Morgan fingerprint density at radius 3 is 2.80 bits per heavy atom. The van der Waals surface area contributed by atoms with Gasteiger partial charge in [-0.3, -0.25) is 9.59 Å². The van der Waals surface area contributed by atoms with Gasteiger partial charge in [0.1, 0.15) is 0 Å². The third kappa shape index (κ3) is 2.68.